The third-order valence-electron chi connectivity index (χ3n) is 7.52. The zero-order valence-corrected chi connectivity index (χ0v) is 22.1. The molecule has 0 aliphatic carbocycles. The topological polar surface area (TPSA) is 106 Å². The molecule has 3 aromatic rings. The summed E-state index contributed by atoms with van der Waals surface area (Å²) in [6.07, 6.45) is 4.16. The zero-order chi connectivity index (χ0) is 26.8. The molecule has 1 aromatic carbocycles. The van der Waals surface area contributed by atoms with Gasteiger partial charge in [-0.2, -0.15) is 0 Å². The van der Waals surface area contributed by atoms with Crippen molar-refractivity contribution in [3.8, 4) is 22.6 Å². The third-order valence-corrected chi connectivity index (χ3v) is 7.52. The maximum atomic E-state index is 13.7. The van der Waals surface area contributed by atoms with Crippen LogP contribution in [0.5, 0.6) is 0 Å². The standard InChI is InChI=1S/C28H33FN6O4/c1-28(26(36)34-11-3-2-4-12-34)17-38-25(39-18-28)24-32-22(19-5-7-20(29)8-6-19)23(33-24)21-9-10-30-27(31-21)35-13-15-37-16-14-35/h5-10,25H,2-4,11-18H2,1H3,(H,32,33). The number of amides is 1. The molecule has 3 fully saturated rings. The Labute approximate surface area is 226 Å². The van der Waals surface area contributed by atoms with Gasteiger partial charge in [-0.1, -0.05) is 0 Å². The lowest BCUT2D eigenvalue weighted by Gasteiger charge is -2.40. The lowest BCUT2D eigenvalue weighted by Crippen LogP contribution is -2.51. The number of imidazole rings is 1. The number of carbonyl (C=O) groups excluding carboxylic acids is 1. The van der Waals surface area contributed by atoms with Crippen LogP contribution >= 0.6 is 0 Å². The highest BCUT2D eigenvalue weighted by Gasteiger charge is 2.43. The number of ether oxygens (including phenoxy) is 3. The molecule has 0 spiro atoms. The summed E-state index contributed by atoms with van der Waals surface area (Å²) in [7, 11) is 0. The highest BCUT2D eigenvalue weighted by molar-refractivity contribution is 5.83. The minimum Gasteiger partial charge on any atom is -0.378 e. The molecule has 39 heavy (non-hydrogen) atoms. The molecule has 1 amide bonds. The molecule has 0 saturated carbocycles. The second-order valence-corrected chi connectivity index (χ2v) is 10.6. The normalized spacial score (nSPS) is 24.1. The van der Waals surface area contributed by atoms with Gasteiger partial charge >= 0.3 is 0 Å². The summed E-state index contributed by atoms with van der Waals surface area (Å²) in [4.78, 5) is 34.7. The van der Waals surface area contributed by atoms with Crippen molar-refractivity contribution in [1.82, 2.24) is 24.8 Å². The Balaban J connectivity index is 1.27. The van der Waals surface area contributed by atoms with Crippen LogP contribution in [0, 0.1) is 11.2 Å². The number of H-pyrrole nitrogens is 1. The summed E-state index contributed by atoms with van der Waals surface area (Å²) in [6, 6.07) is 7.97. The summed E-state index contributed by atoms with van der Waals surface area (Å²) in [6.45, 7) is 6.58. The average molecular weight is 537 g/mol. The van der Waals surface area contributed by atoms with Crippen LogP contribution < -0.4 is 4.90 Å². The molecule has 5 heterocycles. The van der Waals surface area contributed by atoms with Crippen molar-refractivity contribution in [2.24, 2.45) is 5.41 Å². The number of hydrogen-bond donors (Lipinski definition) is 1. The molecule has 3 aliphatic heterocycles. The van der Waals surface area contributed by atoms with Crippen molar-refractivity contribution < 1.29 is 23.4 Å². The molecule has 3 aliphatic rings. The fourth-order valence-corrected chi connectivity index (χ4v) is 5.28. The van der Waals surface area contributed by atoms with Crippen molar-refractivity contribution in [2.75, 3.05) is 57.5 Å². The average Bonchev–Trinajstić information content (AvgIpc) is 3.44. The van der Waals surface area contributed by atoms with E-state index in [4.69, 9.17) is 24.2 Å². The second-order valence-electron chi connectivity index (χ2n) is 10.6. The molecular formula is C28H33FN6O4. The Hall–Kier alpha value is -3.41. The first-order chi connectivity index (χ1) is 19.0. The van der Waals surface area contributed by atoms with Crippen molar-refractivity contribution in [2.45, 2.75) is 32.5 Å². The number of morpholine rings is 1. The zero-order valence-electron chi connectivity index (χ0n) is 22.1. The van der Waals surface area contributed by atoms with Crippen LogP contribution in [0.25, 0.3) is 22.6 Å². The highest BCUT2D eigenvalue weighted by atomic mass is 19.1. The van der Waals surface area contributed by atoms with Gasteiger partial charge in [-0.25, -0.2) is 19.3 Å². The molecule has 0 unspecified atom stereocenters. The molecule has 1 N–H and O–H groups in total. The Bertz CT molecular complexity index is 1300. The van der Waals surface area contributed by atoms with Gasteiger partial charge in [-0.15, -0.1) is 0 Å². The number of nitrogens with one attached hydrogen (secondary N) is 1. The molecule has 11 heteroatoms. The van der Waals surface area contributed by atoms with Crippen LogP contribution in [0.1, 0.15) is 38.3 Å². The molecule has 0 radical (unpaired) electrons. The Morgan fingerprint density at radius 3 is 2.44 bits per heavy atom. The van der Waals surface area contributed by atoms with Gasteiger partial charge in [0.1, 0.15) is 5.82 Å². The van der Waals surface area contributed by atoms with Gasteiger partial charge in [0.25, 0.3) is 0 Å². The van der Waals surface area contributed by atoms with Crippen molar-refractivity contribution in [3.63, 3.8) is 0 Å². The Kier molecular flexibility index (Phi) is 7.28. The maximum absolute atomic E-state index is 13.7. The maximum Gasteiger partial charge on any atom is 0.233 e. The molecule has 2 aromatic heterocycles. The second kappa shape index (κ2) is 11.0. The van der Waals surface area contributed by atoms with Gasteiger partial charge < -0.3 is 29.0 Å². The lowest BCUT2D eigenvalue weighted by atomic mass is 9.89. The van der Waals surface area contributed by atoms with Gasteiger partial charge in [0.15, 0.2) is 5.82 Å². The fraction of sp³-hybridized carbons (Fsp3) is 0.500. The minimum absolute atomic E-state index is 0.0735. The van der Waals surface area contributed by atoms with E-state index in [0.717, 1.165) is 37.9 Å². The molecular weight excluding hydrogens is 503 g/mol. The van der Waals surface area contributed by atoms with E-state index in [1.807, 2.05) is 17.9 Å². The number of likely N-dealkylation sites (tertiary alicyclic amines) is 1. The number of benzene rings is 1. The predicted octanol–water partition coefficient (Wildman–Crippen LogP) is 3.57. The largest absolute Gasteiger partial charge is 0.378 e. The first-order valence-electron chi connectivity index (χ1n) is 13.5. The summed E-state index contributed by atoms with van der Waals surface area (Å²) < 4.78 is 31.4. The third kappa shape index (κ3) is 5.39. The summed E-state index contributed by atoms with van der Waals surface area (Å²) in [5.74, 6) is 0.811. The molecule has 0 atom stereocenters. The Morgan fingerprint density at radius 2 is 1.72 bits per heavy atom. The number of hydrogen-bond acceptors (Lipinski definition) is 8. The number of carbonyl (C=O) groups is 1. The van der Waals surface area contributed by atoms with Crippen LogP contribution in [0.4, 0.5) is 10.3 Å². The van der Waals surface area contributed by atoms with Crippen LogP contribution in [-0.2, 0) is 19.0 Å². The monoisotopic (exact) mass is 536 g/mol. The van der Waals surface area contributed by atoms with E-state index in [0.29, 0.717) is 55.2 Å². The van der Waals surface area contributed by atoms with E-state index in [9.17, 15) is 9.18 Å². The first-order valence-corrected chi connectivity index (χ1v) is 13.5. The van der Waals surface area contributed by atoms with Gasteiger partial charge in [-0.3, -0.25) is 4.79 Å². The first kappa shape index (κ1) is 25.8. The molecule has 6 rings (SSSR count). The highest BCUT2D eigenvalue weighted by Crippen LogP contribution is 2.36. The van der Waals surface area contributed by atoms with Crippen LogP contribution in [0.15, 0.2) is 36.5 Å². The predicted molar refractivity (Wildman–Crippen MR) is 141 cm³/mol. The van der Waals surface area contributed by atoms with E-state index >= 15 is 0 Å². The van der Waals surface area contributed by atoms with Gasteiger partial charge in [-0.05, 0) is 56.5 Å². The number of rotatable bonds is 5. The van der Waals surface area contributed by atoms with E-state index < -0.39 is 11.7 Å². The number of halogens is 1. The number of aromatic nitrogens is 4. The van der Waals surface area contributed by atoms with Gasteiger partial charge in [0.05, 0.1) is 48.9 Å². The number of aromatic amines is 1. The number of anilines is 1. The lowest BCUT2D eigenvalue weighted by molar-refractivity contribution is -0.234. The smallest absolute Gasteiger partial charge is 0.233 e. The van der Waals surface area contributed by atoms with E-state index in [1.54, 1.807) is 18.3 Å². The van der Waals surface area contributed by atoms with Gasteiger partial charge in [0, 0.05) is 37.9 Å². The molecule has 0 bridgehead atoms. The van der Waals surface area contributed by atoms with Crippen LogP contribution in [0.3, 0.4) is 0 Å². The van der Waals surface area contributed by atoms with E-state index in [-0.39, 0.29) is 24.9 Å². The molecule has 10 nitrogen and oxygen atoms in total. The van der Waals surface area contributed by atoms with E-state index in [1.165, 1.54) is 12.1 Å². The van der Waals surface area contributed by atoms with Crippen LogP contribution in [0.2, 0.25) is 0 Å². The Morgan fingerprint density at radius 1 is 1.00 bits per heavy atom. The number of piperidine rings is 1. The fourth-order valence-electron chi connectivity index (χ4n) is 5.28. The van der Waals surface area contributed by atoms with Crippen molar-refractivity contribution in [1.29, 1.82) is 0 Å². The summed E-state index contributed by atoms with van der Waals surface area (Å²) >= 11 is 0. The molecule has 206 valence electrons. The quantitative estimate of drug-likeness (QED) is 0.528. The van der Waals surface area contributed by atoms with Crippen molar-refractivity contribution >= 4 is 11.9 Å². The molecule has 3 saturated heterocycles. The summed E-state index contributed by atoms with van der Waals surface area (Å²) in [5.41, 5.74) is 1.87. The van der Waals surface area contributed by atoms with Gasteiger partial charge in [0.2, 0.25) is 18.1 Å². The van der Waals surface area contributed by atoms with Crippen molar-refractivity contribution in [3.05, 3.63) is 48.2 Å². The minimum atomic E-state index is -0.777. The SMILES string of the molecule is CC1(C(=O)N2CCCCC2)COC(c2nc(-c3ccc(F)cc3)c(-c3ccnc(N4CCOCC4)n3)[nH]2)OC1. The van der Waals surface area contributed by atoms with E-state index in [2.05, 4.69) is 14.9 Å². The number of nitrogens with zero attached hydrogens (tertiary/aromatic N) is 5. The summed E-state index contributed by atoms with van der Waals surface area (Å²) in [5, 5.41) is 0. The van der Waals surface area contributed by atoms with Crippen LogP contribution in [-0.4, -0.2) is 83.3 Å².